The van der Waals surface area contributed by atoms with Crippen molar-refractivity contribution in [2.45, 2.75) is 18.9 Å². The van der Waals surface area contributed by atoms with Crippen molar-refractivity contribution >= 4 is 23.5 Å². The average Bonchev–Trinajstić information content (AvgIpc) is 2.43. The normalized spacial score (nSPS) is 11.7. The lowest BCUT2D eigenvalue weighted by Gasteiger charge is -2.15. The van der Waals surface area contributed by atoms with Crippen LogP contribution in [0.4, 0.5) is 0 Å². The largest absolute Gasteiger partial charge is 0.467 e. The number of amides is 1. The maximum atomic E-state index is 11.5. The number of aryl methyl sites for hydroxylation is 1. The summed E-state index contributed by atoms with van der Waals surface area (Å²) >= 11 is 5.40. The molecule has 0 saturated carbocycles. The van der Waals surface area contributed by atoms with Gasteiger partial charge in [-0.3, -0.25) is 4.79 Å². The first-order valence-electron chi connectivity index (χ1n) is 5.64. The zero-order valence-corrected chi connectivity index (χ0v) is 10.9. The summed E-state index contributed by atoms with van der Waals surface area (Å²) in [5, 5.41) is 2.54. The van der Waals surface area contributed by atoms with Gasteiger partial charge < -0.3 is 10.1 Å². The lowest BCUT2D eigenvalue weighted by atomic mass is 10.1. The summed E-state index contributed by atoms with van der Waals surface area (Å²) in [6, 6.07) is 9.08. The van der Waals surface area contributed by atoms with Crippen LogP contribution in [0.2, 0.25) is 0 Å². The van der Waals surface area contributed by atoms with Gasteiger partial charge >= 0.3 is 5.97 Å². The van der Waals surface area contributed by atoms with Gasteiger partial charge in [0.15, 0.2) is 0 Å². The van der Waals surface area contributed by atoms with Crippen LogP contribution in [0.15, 0.2) is 30.3 Å². The number of methoxy groups -OCH3 is 1. The lowest BCUT2D eigenvalue weighted by molar-refractivity contribution is -0.145. The summed E-state index contributed by atoms with van der Waals surface area (Å²) in [5.74, 6) is -0.997. The molecule has 0 saturated heterocycles. The molecule has 1 N–H and O–H groups in total. The Hall–Kier alpha value is -1.55. The number of carbonyl (C=O) groups is 2. The molecule has 0 bridgehead atoms. The first-order chi connectivity index (χ1) is 8.67. The molecule has 0 aromatic heterocycles. The molecule has 4 nitrogen and oxygen atoms in total. The maximum Gasteiger partial charge on any atom is 0.328 e. The van der Waals surface area contributed by atoms with Crippen LogP contribution in [0, 0.1) is 0 Å². The van der Waals surface area contributed by atoms with Gasteiger partial charge in [-0.1, -0.05) is 30.3 Å². The van der Waals surface area contributed by atoms with Crippen molar-refractivity contribution in [3.8, 4) is 0 Å². The van der Waals surface area contributed by atoms with Gasteiger partial charge in [0.1, 0.15) is 11.9 Å². The third kappa shape index (κ3) is 4.75. The highest BCUT2D eigenvalue weighted by atomic mass is 35.5. The number of nitrogens with one attached hydrogen (secondary N) is 1. The third-order valence-corrected chi connectivity index (χ3v) is 2.75. The Morgan fingerprint density at radius 1 is 1.33 bits per heavy atom. The number of halogens is 1. The second-order valence-electron chi connectivity index (χ2n) is 3.80. The Labute approximate surface area is 111 Å². The minimum Gasteiger partial charge on any atom is -0.467 e. The molecule has 18 heavy (non-hydrogen) atoms. The predicted molar refractivity (Wildman–Crippen MR) is 69.4 cm³/mol. The first-order valence-corrected chi connectivity index (χ1v) is 6.18. The topological polar surface area (TPSA) is 55.4 Å². The van der Waals surface area contributed by atoms with Crippen molar-refractivity contribution in [1.29, 1.82) is 0 Å². The van der Waals surface area contributed by atoms with Gasteiger partial charge in [0.25, 0.3) is 0 Å². The van der Waals surface area contributed by atoms with Crippen molar-refractivity contribution in [3.63, 3.8) is 0 Å². The molecule has 0 fully saturated rings. The van der Waals surface area contributed by atoms with E-state index in [1.165, 1.54) is 7.11 Å². The number of rotatable bonds is 6. The highest BCUT2D eigenvalue weighted by Gasteiger charge is 2.20. The van der Waals surface area contributed by atoms with E-state index in [1.54, 1.807) is 0 Å². The van der Waals surface area contributed by atoms with Crippen LogP contribution in [-0.4, -0.2) is 30.9 Å². The van der Waals surface area contributed by atoms with Gasteiger partial charge in [0, 0.05) is 0 Å². The van der Waals surface area contributed by atoms with Crippen LogP contribution < -0.4 is 5.32 Å². The molecule has 1 aromatic carbocycles. The van der Waals surface area contributed by atoms with Crippen molar-refractivity contribution in [2.75, 3.05) is 13.0 Å². The monoisotopic (exact) mass is 269 g/mol. The van der Waals surface area contributed by atoms with Crippen LogP contribution in [0.3, 0.4) is 0 Å². The summed E-state index contributed by atoms with van der Waals surface area (Å²) < 4.78 is 4.65. The highest BCUT2D eigenvalue weighted by molar-refractivity contribution is 6.27. The van der Waals surface area contributed by atoms with E-state index in [4.69, 9.17) is 11.6 Å². The molecular weight excluding hydrogens is 254 g/mol. The first kappa shape index (κ1) is 14.5. The smallest absolute Gasteiger partial charge is 0.328 e. The van der Waals surface area contributed by atoms with E-state index in [1.807, 2.05) is 30.3 Å². The summed E-state index contributed by atoms with van der Waals surface area (Å²) in [5.41, 5.74) is 1.10. The Balaban J connectivity index is 2.56. The second kappa shape index (κ2) is 7.71. The Bertz CT molecular complexity index is 394. The molecular formula is C13H16ClNO3. The van der Waals surface area contributed by atoms with E-state index in [0.29, 0.717) is 12.8 Å². The van der Waals surface area contributed by atoms with Gasteiger partial charge in [-0.2, -0.15) is 0 Å². The van der Waals surface area contributed by atoms with E-state index in [9.17, 15) is 9.59 Å². The molecule has 0 radical (unpaired) electrons. The van der Waals surface area contributed by atoms with Crippen molar-refractivity contribution in [2.24, 2.45) is 0 Å². The molecule has 1 atom stereocenters. The van der Waals surface area contributed by atoms with Gasteiger partial charge in [-0.05, 0) is 18.4 Å². The van der Waals surface area contributed by atoms with Gasteiger partial charge in [0.2, 0.25) is 5.91 Å². The fraction of sp³-hybridized carbons (Fsp3) is 0.385. The third-order valence-electron chi connectivity index (χ3n) is 2.51. The highest BCUT2D eigenvalue weighted by Crippen LogP contribution is 2.06. The molecule has 0 aliphatic carbocycles. The molecule has 0 aliphatic heterocycles. The molecule has 0 spiro atoms. The number of hydrogen-bond donors (Lipinski definition) is 1. The van der Waals surface area contributed by atoms with Crippen molar-refractivity contribution in [1.82, 2.24) is 5.32 Å². The second-order valence-corrected chi connectivity index (χ2v) is 4.07. The Kier molecular flexibility index (Phi) is 6.22. The van der Waals surface area contributed by atoms with Gasteiger partial charge in [-0.25, -0.2) is 4.79 Å². The molecule has 0 unspecified atom stereocenters. The minimum atomic E-state index is -0.651. The molecule has 1 aromatic rings. The number of esters is 1. The zero-order valence-electron chi connectivity index (χ0n) is 10.2. The van der Waals surface area contributed by atoms with E-state index >= 15 is 0 Å². The Morgan fingerprint density at radius 3 is 2.56 bits per heavy atom. The van der Waals surface area contributed by atoms with Gasteiger partial charge in [-0.15, -0.1) is 11.6 Å². The number of carbonyl (C=O) groups excluding carboxylic acids is 2. The van der Waals surface area contributed by atoms with Gasteiger partial charge in [0.05, 0.1) is 7.11 Å². The van der Waals surface area contributed by atoms with Crippen LogP contribution in [0.1, 0.15) is 12.0 Å². The van der Waals surface area contributed by atoms with Crippen molar-refractivity contribution < 1.29 is 14.3 Å². The quantitative estimate of drug-likeness (QED) is 0.629. The number of ether oxygens (including phenoxy) is 1. The molecule has 0 aliphatic rings. The molecule has 98 valence electrons. The summed E-state index contributed by atoms with van der Waals surface area (Å²) in [6.45, 7) is 0. The molecule has 5 heteroatoms. The SMILES string of the molecule is COC(=O)[C@H](CCc1ccccc1)NC(=O)CCl. The minimum absolute atomic E-state index is 0.168. The summed E-state index contributed by atoms with van der Waals surface area (Å²) in [4.78, 5) is 22.7. The number of hydrogen-bond acceptors (Lipinski definition) is 3. The fourth-order valence-corrected chi connectivity index (χ4v) is 1.66. The maximum absolute atomic E-state index is 11.5. The molecule has 1 rings (SSSR count). The van der Waals surface area contributed by atoms with E-state index in [-0.39, 0.29) is 11.8 Å². The predicted octanol–water partition coefficient (Wildman–Crippen LogP) is 1.52. The summed E-state index contributed by atoms with van der Waals surface area (Å²) in [7, 11) is 1.30. The van der Waals surface area contributed by atoms with Crippen molar-refractivity contribution in [3.05, 3.63) is 35.9 Å². The fourth-order valence-electron chi connectivity index (χ4n) is 1.58. The van der Waals surface area contributed by atoms with E-state index in [2.05, 4.69) is 10.1 Å². The summed E-state index contributed by atoms with van der Waals surface area (Å²) in [6.07, 6.45) is 1.17. The average molecular weight is 270 g/mol. The number of alkyl halides is 1. The molecule has 0 heterocycles. The standard InChI is InChI=1S/C13H16ClNO3/c1-18-13(17)11(15-12(16)9-14)8-7-10-5-3-2-4-6-10/h2-6,11H,7-9H2,1H3,(H,15,16)/t11-/m0/s1. The van der Waals surface area contributed by atoms with Crippen LogP contribution in [-0.2, 0) is 20.7 Å². The zero-order chi connectivity index (χ0) is 13.4. The van der Waals surface area contributed by atoms with Crippen LogP contribution >= 0.6 is 11.6 Å². The lowest BCUT2D eigenvalue weighted by Crippen LogP contribution is -2.42. The van der Waals surface area contributed by atoms with E-state index in [0.717, 1.165) is 5.56 Å². The Morgan fingerprint density at radius 2 is 2.00 bits per heavy atom. The van der Waals surface area contributed by atoms with Crippen LogP contribution in [0.25, 0.3) is 0 Å². The number of benzene rings is 1. The molecule has 1 amide bonds. The van der Waals surface area contributed by atoms with Crippen LogP contribution in [0.5, 0.6) is 0 Å². The van der Waals surface area contributed by atoms with E-state index < -0.39 is 12.0 Å².